The second-order valence-corrected chi connectivity index (χ2v) is 7.70. The first-order valence-corrected chi connectivity index (χ1v) is 9.82. The second-order valence-electron chi connectivity index (χ2n) is 6.51. The number of benzene rings is 1. The number of aromatic nitrogens is 3. The minimum absolute atomic E-state index is 0.169. The third kappa shape index (κ3) is 3.24. The molecule has 144 valence electrons. The summed E-state index contributed by atoms with van der Waals surface area (Å²) in [5.74, 6) is 0.819. The van der Waals surface area contributed by atoms with Crippen molar-refractivity contribution in [2.75, 3.05) is 5.32 Å². The van der Waals surface area contributed by atoms with Crippen LogP contribution in [-0.4, -0.2) is 25.8 Å². The molecular formula is C20H19FN4O2S. The Morgan fingerprint density at radius 1 is 1.25 bits per heavy atom. The first kappa shape index (κ1) is 18.5. The van der Waals surface area contributed by atoms with E-state index in [0.717, 1.165) is 28.2 Å². The van der Waals surface area contributed by atoms with Crippen LogP contribution in [0.5, 0.6) is 0 Å². The molecule has 1 unspecified atom stereocenters. The number of halogens is 1. The molecule has 4 aromatic rings. The van der Waals surface area contributed by atoms with Crippen LogP contribution in [-0.2, 0) is 4.79 Å². The number of fused-ring (bicyclic) bond motifs is 3. The van der Waals surface area contributed by atoms with Gasteiger partial charge in [-0.15, -0.1) is 10.2 Å². The van der Waals surface area contributed by atoms with Crippen LogP contribution in [0.3, 0.4) is 0 Å². The molecule has 0 aliphatic rings. The van der Waals surface area contributed by atoms with E-state index in [1.165, 1.54) is 23.9 Å². The summed E-state index contributed by atoms with van der Waals surface area (Å²) >= 11 is 1.31. The lowest BCUT2D eigenvalue weighted by Crippen LogP contribution is -2.25. The van der Waals surface area contributed by atoms with Gasteiger partial charge in [0.25, 0.3) is 0 Å². The predicted octanol–water partition coefficient (Wildman–Crippen LogP) is 4.74. The molecule has 0 saturated heterocycles. The number of amides is 1. The maximum atomic E-state index is 13.9. The summed E-state index contributed by atoms with van der Waals surface area (Å²) in [5.41, 5.74) is 2.68. The molecule has 0 saturated carbocycles. The number of aryl methyl sites for hydroxylation is 2. The zero-order chi connectivity index (χ0) is 19.8. The maximum absolute atomic E-state index is 13.9. The summed E-state index contributed by atoms with van der Waals surface area (Å²) in [6.45, 7) is 5.68. The SMILES string of the molecule is CCC(Sc1nnc(C)n2c1cc1oc(C)cc12)C(=O)Nc1ccccc1F. The summed E-state index contributed by atoms with van der Waals surface area (Å²) in [5, 5.41) is 11.4. The number of carbonyl (C=O) groups excluding carboxylic acids is 1. The molecule has 1 amide bonds. The smallest absolute Gasteiger partial charge is 0.237 e. The Morgan fingerprint density at radius 2 is 2.04 bits per heavy atom. The number of hydrogen-bond donors (Lipinski definition) is 1. The van der Waals surface area contributed by atoms with Gasteiger partial charge in [0.15, 0.2) is 5.58 Å². The van der Waals surface area contributed by atoms with Gasteiger partial charge < -0.3 is 9.73 Å². The molecule has 0 fully saturated rings. The van der Waals surface area contributed by atoms with Crippen LogP contribution in [0, 0.1) is 19.7 Å². The van der Waals surface area contributed by atoms with E-state index in [-0.39, 0.29) is 11.6 Å². The molecule has 3 heterocycles. The Hall–Kier alpha value is -2.87. The zero-order valence-electron chi connectivity index (χ0n) is 15.7. The highest BCUT2D eigenvalue weighted by Crippen LogP contribution is 2.33. The van der Waals surface area contributed by atoms with Crippen LogP contribution in [0.25, 0.3) is 16.6 Å². The zero-order valence-corrected chi connectivity index (χ0v) is 16.5. The minimum Gasteiger partial charge on any atom is -0.460 e. The van der Waals surface area contributed by atoms with E-state index in [1.54, 1.807) is 12.1 Å². The van der Waals surface area contributed by atoms with Gasteiger partial charge in [-0.2, -0.15) is 0 Å². The van der Waals surface area contributed by atoms with Crippen molar-refractivity contribution in [2.24, 2.45) is 0 Å². The fraction of sp³-hybridized carbons (Fsp3) is 0.250. The van der Waals surface area contributed by atoms with Gasteiger partial charge in [0.1, 0.15) is 22.4 Å². The molecule has 0 aliphatic carbocycles. The normalized spacial score (nSPS) is 12.6. The van der Waals surface area contributed by atoms with E-state index >= 15 is 0 Å². The Labute approximate surface area is 165 Å². The van der Waals surface area contributed by atoms with Crippen molar-refractivity contribution < 1.29 is 13.6 Å². The molecule has 1 N–H and O–H groups in total. The molecule has 1 aromatic carbocycles. The van der Waals surface area contributed by atoms with Gasteiger partial charge in [-0.05, 0) is 32.4 Å². The maximum Gasteiger partial charge on any atom is 0.237 e. The summed E-state index contributed by atoms with van der Waals surface area (Å²) in [6.07, 6.45) is 0.558. The van der Waals surface area contributed by atoms with E-state index in [2.05, 4.69) is 15.5 Å². The Kier molecular flexibility index (Phi) is 4.80. The monoisotopic (exact) mass is 398 g/mol. The van der Waals surface area contributed by atoms with E-state index in [0.29, 0.717) is 11.4 Å². The molecule has 0 radical (unpaired) electrons. The van der Waals surface area contributed by atoms with E-state index in [4.69, 9.17) is 4.42 Å². The van der Waals surface area contributed by atoms with Crippen molar-refractivity contribution in [1.29, 1.82) is 0 Å². The van der Waals surface area contributed by atoms with Gasteiger partial charge in [0, 0.05) is 12.1 Å². The highest BCUT2D eigenvalue weighted by atomic mass is 32.2. The van der Waals surface area contributed by atoms with E-state index in [9.17, 15) is 9.18 Å². The highest BCUT2D eigenvalue weighted by Gasteiger charge is 2.23. The summed E-state index contributed by atoms with van der Waals surface area (Å²) in [7, 11) is 0. The van der Waals surface area contributed by atoms with Crippen molar-refractivity contribution >= 4 is 40.0 Å². The number of nitrogens with one attached hydrogen (secondary N) is 1. The molecule has 0 aliphatic heterocycles. The molecule has 0 bridgehead atoms. The van der Waals surface area contributed by atoms with Crippen molar-refractivity contribution in [3.8, 4) is 0 Å². The van der Waals surface area contributed by atoms with Crippen molar-refractivity contribution in [1.82, 2.24) is 14.6 Å². The predicted molar refractivity (Wildman–Crippen MR) is 107 cm³/mol. The second kappa shape index (κ2) is 7.27. The highest BCUT2D eigenvalue weighted by molar-refractivity contribution is 8.00. The van der Waals surface area contributed by atoms with Gasteiger partial charge in [-0.25, -0.2) is 4.39 Å². The number of para-hydroxylation sites is 1. The quantitative estimate of drug-likeness (QED) is 0.492. The topological polar surface area (TPSA) is 72.4 Å². The average Bonchev–Trinajstić information content (AvgIpc) is 3.19. The Balaban J connectivity index is 1.66. The lowest BCUT2D eigenvalue weighted by molar-refractivity contribution is -0.115. The first-order valence-electron chi connectivity index (χ1n) is 8.95. The summed E-state index contributed by atoms with van der Waals surface area (Å²) < 4.78 is 21.6. The number of rotatable bonds is 5. The van der Waals surface area contributed by atoms with Gasteiger partial charge in [0.2, 0.25) is 5.91 Å². The molecule has 6 nitrogen and oxygen atoms in total. The molecule has 8 heteroatoms. The van der Waals surface area contributed by atoms with E-state index in [1.807, 2.05) is 37.3 Å². The largest absolute Gasteiger partial charge is 0.460 e. The molecule has 4 rings (SSSR count). The van der Waals surface area contributed by atoms with Gasteiger partial charge in [-0.3, -0.25) is 9.20 Å². The lowest BCUT2D eigenvalue weighted by atomic mass is 10.2. The lowest BCUT2D eigenvalue weighted by Gasteiger charge is -2.15. The number of thioether (sulfide) groups is 1. The van der Waals surface area contributed by atoms with Crippen LogP contribution in [0.2, 0.25) is 0 Å². The van der Waals surface area contributed by atoms with Crippen LogP contribution >= 0.6 is 11.8 Å². The molecule has 0 spiro atoms. The third-order valence-electron chi connectivity index (χ3n) is 4.49. The fourth-order valence-electron chi connectivity index (χ4n) is 3.15. The van der Waals surface area contributed by atoms with Crippen LogP contribution < -0.4 is 5.32 Å². The Bertz CT molecular complexity index is 1180. The van der Waals surface area contributed by atoms with E-state index < -0.39 is 11.1 Å². The van der Waals surface area contributed by atoms with Crippen molar-refractivity contribution in [3.05, 3.63) is 53.8 Å². The number of hydrogen-bond acceptors (Lipinski definition) is 5. The van der Waals surface area contributed by atoms with Gasteiger partial charge >= 0.3 is 0 Å². The molecule has 28 heavy (non-hydrogen) atoms. The molecule has 1 atom stereocenters. The van der Waals surface area contributed by atoms with Crippen LogP contribution in [0.4, 0.5) is 10.1 Å². The minimum atomic E-state index is -0.462. The molecule has 3 aromatic heterocycles. The number of anilines is 1. The van der Waals surface area contributed by atoms with Crippen LogP contribution in [0.1, 0.15) is 24.9 Å². The fourth-order valence-corrected chi connectivity index (χ4v) is 4.11. The number of furan rings is 1. The summed E-state index contributed by atoms with van der Waals surface area (Å²) in [6, 6.07) is 9.98. The summed E-state index contributed by atoms with van der Waals surface area (Å²) in [4.78, 5) is 12.7. The van der Waals surface area contributed by atoms with Gasteiger partial charge in [0.05, 0.1) is 22.0 Å². The Morgan fingerprint density at radius 3 is 2.79 bits per heavy atom. The average molecular weight is 398 g/mol. The van der Waals surface area contributed by atoms with Crippen LogP contribution in [0.15, 0.2) is 45.8 Å². The number of nitrogens with zero attached hydrogens (tertiary/aromatic N) is 3. The molecular weight excluding hydrogens is 379 g/mol. The standard InChI is InChI=1S/C20H19FN4O2S/c1-4-18(19(26)22-14-8-6-5-7-13(14)21)28-20-16-10-17-15(9-11(2)27-17)25(16)12(3)23-24-20/h5-10,18H,4H2,1-3H3,(H,22,26). The third-order valence-corrected chi connectivity index (χ3v) is 5.84. The van der Waals surface area contributed by atoms with Crippen molar-refractivity contribution in [3.63, 3.8) is 0 Å². The van der Waals surface area contributed by atoms with Gasteiger partial charge in [-0.1, -0.05) is 30.8 Å². The number of carbonyl (C=O) groups is 1. The van der Waals surface area contributed by atoms with Crippen molar-refractivity contribution in [2.45, 2.75) is 37.5 Å². The first-order chi connectivity index (χ1) is 13.5.